The van der Waals surface area contributed by atoms with Crippen molar-refractivity contribution < 1.29 is 9.90 Å². The number of aromatic nitrogens is 4. The summed E-state index contributed by atoms with van der Waals surface area (Å²) < 4.78 is 0. The molecular weight excluding hydrogens is 378 g/mol. The van der Waals surface area contributed by atoms with Gasteiger partial charge in [-0.25, -0.2) is 4.98 Å². The molecule has 7 nitrogen and oxygen atoms in total. The molecule has 5 aromatic rings. The summed E-state index contributed by atoms with van der Waals surface area (Å²) in [6.07, 6.45) is 0. The lowest BCUT2D eigenvalue weighted by atomic mass is 10.0. The van der Waals surface area contributed by atoms with Gasteiger partial charge in [0.05, 0.1) is 22.1 Å². The minimum atomic E-state index is -0.257. The molecule has 1 amide bonds. The van der Waals surface area contributed by atoms with Gasteiger partial charge in [-0.1, -0.05) is 18.2 Å². The van der Waals surface area contributed by atoms with Crippen molar-refractivity contribution in [1.29, 1.82) is 0 Å². The summed E-state index contributed by atoms with van der Waals surface area (Å²) in [5.74, 6) is 0.543. The molecule has 0 unspecified atom stereocenters. The van der Waals surface area contributed by atoms with Crippen molar-refractivity contribution in [3.8, 4) is 17.3 Å². The second-order valence-corrected chi connectivity index (χ2v) is 7.24. The van der Waals surface area contributed by atoms with E-state index in [1.54, 1.807) is 18.2 Å². The van der Waals surface area contributed by atoms with E-state index in [0.717, 1.165) is 27.7 Å². The van der Waals surface area contributed by atoms with E-state index in [1.165, 1.54) is 0 Å². The number of amides is 1. The first-order valence-electron chi connectivity index (χ1n) is 9.55. The lowest BCUT2D eigenvalue weighted by Crippen LogP contribution is -2.13. The second-order valence-electron chi connectivity index (χ2n) is 7.24. The average Bonchev–Trinajstić information content (AvgIpc) is 3.37. The highest BCUT2D eigenvalue weighted by molar-refractivity contribution is 6.15. The number of fused-ring (bicyclic) bond motifs is 2. The van der Waals surface area contributed by atoms with Crippen LogP contribution in [0.4, 0.5) is 5.69 Å². The van der Waals surface area contributed by atoms with Gasteiger partial charge in [-0.3, -0.25) is 9.89 Å². The molecule has 30 heavy (non-hydrogen) atoms. The first-order valence-corrected chi connectivity index (χ1v) is 9.55. The molecule has 0 atom stereocenters. The summed E-state index contributed by atoms with van der Waals surface area (Å²) >= 11 is 0. The van der Waals surface area contributed by atoms with Gasteiger partial charge in [0.25, 0.3) is 5.91 Å². The summed E-state index contributed by atoms with van der Waals surface area (Å²) in [6, 6.07) is 16.5. The number of rotatable bonds is 3. The van der Waals surface area contributed by atoms with Crippen LogP contribution < -0.4 is 5.32 Å². The van der Waals surface area contributed by atoms with Gasteiger partial charge in [0, 0.05) is 11.1 Å². The lowest BCUT2D eigenvalue weighted by Gasteiger charge is -2.12. The van der Waals surface area contributed by atoms with Crippen molar-refractivity contribution >= 4 is 33.5 Å². The van der Waals surface area contributed by atoms with Crippen molar-refractivity contribution in [2.75, 3.05) is 5.32 Å². The van der Waals surface area contributed by atoms with E-state index in [4.69, 9.17) is 0 Å². The molecular formula is C23H19N5O2. The Labute approximate surface area is 171 Å². The Kier molecular flexibility index (Phi) is 4.03. The molecule has 0 saturated carbocycles. The number of benzene rings is 3. The van der Waals surface area contributed by atoms with Crippen LogP contribution in [-0.4, -0.2) is 31.2 Å². The highest BCUT2D eigenvalue weighted by Gasteiger charge is 2.20. The maximum Gasteiger partial charge on any atom is 0.256 e. The molecule has 2 aromatic heterocycles. The highest BCUT2D eigenvalue weighted by atomic mass is 16.3. The van der Waals surface area contributed by atoms with Crippen molar-refractivity contribution in [2.24, 2.45) is 0 Å². The quantitative estimate of drug-likeness (QED) is 0.332. The van der Waals surface area contributed by atoms with Gasteiger partial charge in [0.15, 0.2) is 5.82 Å². The number of nitrogens with one attached hydrogen (secondary N) is 3. The van der Waals surface area contributed by atoms with Crippen LogP contribution in [0.25, 0.3) is 33.5 Å². The van der Waals surface area contributed by atoms with Gasteiger partial charge >= 0.3 is 0 Å². The number of aromatic amines is 2. The Bertz CT molecular complexity index is 1400. The Morgan fingerprint density at radius 1 is 0.967 bits per heavy atom. The minimum Gasteiger partial charge on any atom is -0.508 e. The normalized spacial score (nSPS) is 11.3. The molecule has 0 spiro atoms. The Hall–Kier alpha value is -4.13. The molecule has 0 bridgehead atoms. The zero-order chi connectivity index (χ0) is 20.8. The van der Waals surface area contributed by atoms with Crippen LogP contribution in [0.15, 0.2) is 54.6 Å². The highest BCUT2D eigenvalue weighted by Crippen LogP contribution is 2.31. The summed E-state index contributed by atoms with van der Waals surface area (Å²) in [7, 11) is 0. The predicted octanol–water partition coefficient (Wildman–Crippen LogP) is 4.68. The van der Waals surface area contributed by atoms with Gasteiger partial charge in [-0.15, -0.1) is 0 Å². The number of phenolic OH excluding ortho intramolecular Hbond substituents is 1. The fourth-order valence-electron chi connectivity index (χ4n) is 3.63. The number of H-pyrrole nitrogens is 2. The third kappa shape index (κ3) is 2.79. The molecule has 0 radical (unpaired) electrons. The zero-order valence-electron chi connectivity index (χ0n) is 16.4. The van der Waals surface area contributed by atoms with Crippen molar-refractivity contribution in [3.63, 3.8) is 0 Å². The number of hydrogen-bond acceptors (Lipinski definition) is 4. The van der Waals surface area contributed by atoms with E-state index in [9.17, 15) is 9.90 Å². The average molecular weight is 397 g/mol. The van der Waals surface area contributed by atoms with Gasteiger partial charge < -0.3 is 15.4 Å². The maximum absolute atomic E-state index is 13.2. The number of nitrogens with zero attached hydrogens (tertiary/aromatic N) is 2. The van der Waals surface area contributed by atoms with Gasteiger partial charge in [0.2, 0.25) is 0 Å². The molecule has 4 N–H and O–H groups in total. The van der Waals surface area contributed by atoms with Gasteiger partial charge in [-0.2, -0.15) is 5.10 Å². The molecule has 0 aliphatic heterocycles. The van der Waals surface area contributed by atoms with Gasteiger partial charge in [0.1, 0.15) is 11.4 Å². The van der Waals surface area contributed by atoms with Gasteiger partial charge in [-0.05, 0) is 61.4 Å². The number of aromatic hydroxyl groups is 1. The number of carbonyl (C=O) groups is 1. The van der Waals surface area contributed by atoms with E-state index < -0.39 is 0 Å². The number of anilines is 1. The van der Waals surface area contributed by atoms with Crippen LogP contribution in [0.1, 0.15) is 21.5 Å². The summed E-state index contributed by atoms with van der Waals surface area (Å²) in [5.41, 5.74) is 5.77. The minimum absolute atomic E-state index is 0.203. The number of hydrogen-bond donors (Lipinski definition) is 4. The second kappa shape index (κ2) is 6.73. The van der Waals surface area contributed by atoms with Crippen LogP contribution in [-0.2, 0) is 0 Å². The van der Waals surface area contributed by atoms with Crippen LogP contribution >= 0.6 is 0 Å². The van der Waals surface area contributed by atoms with E-state index in [2.05, 4.69) is 25.5 Å². The molecule has 0 aliphatic carbocycles. The standard InChI is InChI=1S/C23H19N5O2/c1-12-13(2)19(29)11-10-15(12)26-23(30)14-6-5-9-18-20(14)21(28-27-18)22-24-16-7-3-4-8-17(16)25-22/h3-11,29H,1-2H3,(H,24,25)(H,26,30)(H,27,28). The SMILES string of the molecule is Cc1c(O)ccc(NC(=O)c2cccc3[nH]nc(-c4nc5ccccc5[nH]4)c23)c1C. The summed E-state index contributed by atoms with van der Waals surface area (Å²) in [4.78, 5) is 21.1. The van der Waals surface area contributed by atoms with Crippen LogP contribution in [0.5, 0.6) is 5.75 Å². The topological polar surface area (TPSA) is 107 Å². The molecule has 0 fully saturated rings. The lowest BCUT2D eigenvalue weighted by molar-refractivity contribution is 0.102. The third-order valence-corrected chi connectivity index (χ3v) is 5.45. The zero-order valence-corrected chi connectivity index (χ0v) is 16.4. The predicted molar refractivity (Wildman–Crippen MR) is 117 cm³/mol. The van der Waals surface area contributed by atoms with Crippen molar-refractivity contribution in [3.05, 3.63) is 71.3 Å². The Morgan fingerprint density at radius 3 is 2.60 bits per heavy atom. The Morgan fingerprint density at radius 2 is 1.77 bits per heavy atom. The van der Waals surface area contributed by atoms with E-state index in [1.807, 2.05) is 50.2 Å². The molecule has 3 aromatic carbocycles. The fourth-order valence-corrected chi connectivity index (χ4v) is 3.63. The molecule has 5 rings (SSSR count). The summed E-state index contributed by atoms with van der Waals surface area (Å²) in [5, 5.41) is 20.9. The largest absolute Gasteiger partial charge is 0.508 e. The van der Waals surface area contributed by atoms with Crippen molar-refractivity contribution in [1.82, 2.24) is 20.2 Å². The number of para-hydroxylation sites is 2. The monoisotopic (exact) mass is 397 g/mol. The first kappa shape index (κ1) is 17.9. The van der Waals surface area contributed by atoms with Crippen molar-refractivity contribution in [2.45, 2.75) is 13.8 Å². The fraction of sp³-hybridized carbons (Fsp3) is 0.0870. The number of carbonyl (C=O) groups excluding carboxylic acids is 1. The summed E-state index contributed by atoms with van der Waals surface area (Å²) in [6.45, 7) is 3.68. The number of phenols is 1. The number of imidazole rings is 1. The van der Waals surface area contributed by atoms with Crippen LogP contribution in [0.2, 0.25) is 0 Å². The smallest absolute Gasteiger partial charge is 0.256 e. The van der Waals surface area contributed by atoms with E-state index >= 15 is 0 Å². The molecule has 2 heterocycles. The van der Waals surface area contributed by atoms with E-state index in [0.29, 0.717) is 28.2 Å². The molecule has 148 valence electrons. The third-order valence-electron chi connectivity index (χ3n) is 5.45. The maximum atomic E-state index is 13.2. The molecule has 0 saturated heterocycles. The first-order chi connectivity index (χ1) is 14.5. The van der Waals surface area contributed by atoms with Crippen LogP contribution in [0, 0.1) is 13.8 Å². The molecule has 7 heteroatoms. The Balaban J connectivity index is 1.61. The van der Waals surface area contributed by atoms with Crippen LogP contribution in [0.3, 0.4) is 0 Å². The molecule has 0 aliphatic rings. The van der Waals surface area contributed by atoms with E-state index in [-0.39, 0.29) is 11.7 Å².